The van der Waals surface area contributed by atoms with Gasteiger partial charge in [0.15, 0.2) is 5.13 Å². The number of hydrogen-bond donors (Lipinski definition) is 2. The molecule has 4 rings (SSSR count). The molecule has 0 radical (unpaired) electrons. The average Bonchev–Trinajstić information content (AvgIpc) is 3.71. The van der Waals surface area contributed by atoms with Crippen LogP contribution in [0.4, 0.5) is 5.13 Å². The molecule has 3 atom stereocenters. The summed E-state index contributed by atoms with van der Waals surface area (Å²) in [4.78, 5) is 33.2. The Balaban J connectivity index is 0.000000298. The molecule has 41 heavy (non-hydrogen) atoms. The fraction of sp³-hybridized carbons (Fsp3) is 0.562. The maximum absolute atomic E-state index is 12.2. The Labute approximate surface area is 249 Å². The van der Waals surface area contributed by atoms with Gasteiger partial charge in [-0.25, -0.2) is 4.98 Å². The molecule has 1 saturated heterocycles. The lowest BCUT2D eigenvalue weighted by Crippen LogP contribution is -2.32. The first-order valence-corrected chi connectivity index (χ1v) is 15.7. The van der Waals surface area contributed by atoms with Crippen molar-refractivity contribution in [2.45, 2.75) is 92.2 Å². The van der Waals surface area contributed by atoms with E-state index in [-0.39, 0.29) is 23.9 Å². The van der Waals surface area contributed by atoms with E-state index in [4.69, 9.17) is 4.74 Å². The molecular formula is C32H47N5O3S. The lowest BCUT2D eigenvalue weighted by molar-refractivity contribution is -0.115. The fourth-order valence-corrected chi connectivity index (χ4v) is 5.36. The van der Waals surface area contributed by atoms with Crippen LogP contribution in [0, 0.1) is 18.8 Å². The average molecular weight is 582 g/mol. The van der Waals surface area contributed by atoms with Gasteiger partial charge in [-0.15, -0.1) is 11.3 Å². The van der Waals surface area contributed by atoms with Crippen molar-refractivity contribution >= 4 is 28.3 Å². The highest BCUT2D eigenvalue weighted by Crippen LogP contribution is 2.28. The zero-order valence-electron chi connectivity index (χ0n) is 25.7. The smallest absolute Gasteiger partial charge is 0.253 e. The normalized spacial score (nSPS) is 17.4. The van der Waals surface area contributed by atoms with E-state index >= 15 is 0 Å². The zero-order valence-corrected chi connectivity index (χ0v) is 26.5. The van der Waals surface area contributed by atoms with Gasteiger partial charge >= 0.3 is 0 Å². The highest BCUT2D eigenvalue weighted by atomic mass is 32.1. The largest absolute Gasteiger partial charge is 0.378 e. The molecule has 0 saturated carbocycles. The molecule has 4 heterocycles. The van der Waals surface area contributed by atoms with E-state index < -0.39 is 0 Å². The van der Waals surface area contributed by atoms with Crippen LogP contribution in [0.15, 0.2) is 42.0 Å². The Morgan fingerprint density at radius 2 is 1.95 bits per heavy atom. The highest BCUT2D eigenvalue weighted by Gasteiger charge is 2.26. The Morgan fingerprint density at radius 3 is 2.61 bits per heavy atom. The standard InChI is InChI=1S/C20H23N5O2S.C12H24O/c1-13-6-5-7-15(22-13)16-12-28-19(23-16)24-17(26)10-21-18(27)14-8-9-25(11-14)20(2,3)4;1-4-10(3)6-7-12-11(5-2)8-9-13-12/h5-9,11-12H,10H2,1-4H3,(H,21,27)(H,23,24,26);10-12H,4-9H2,1-3H3. The molecule has 1 fully saturated rings. The van der Waals surface area contributed by atoms with E-state index in [1.807, 2.05) is 41.3 Å². The van der Waals surface area contributed by atoms with Crippen LogP contribution in [-0.2, 0) is 15.1 Å². The molecule has 2 amide bonds. The molecule has 0 bridgehead atoms. The number of carbonyl (C=O) groups is 2. The SMILES string of the molecule is CCC(C)CCC1OCCC1CC.Cc1cccc(-c2csc(NC(=O)CNC(=O)c3ccn(C(C)(C)C)c3)n2)n1. The number of nitrogens with zero attached hydrogens (tertiary/aromatic N) is 3. The first-order chi connectivity index (χ1) is 19.5. The van der Waals surface area contributed by atoms with Gasteiger partial charge in [-0.05, 0) is 77.0 Å². The van der Waals surface area contributed by atoms with Gasteiger partial charge in [-0.1, -0.05) is 39.7 Å². The number of anilines is 1. The maximum Gasteiger partial charge on any atom is 0.253 e. The summed E-state index contributed by atoms with van der Waals surface area (Å²) in [5.74, 6) is 1.11. The van der Waals surface area contributed by atoms with Crippen LogP contribution in [0.1, 0.15) is 89.7 Å². The third-order valence-electron chi connectivity index (χ3n) is 7.55. The molecule has 0 aromatic carbocycles. The summed E-state index contributed by atoms with van der Waals surface area (Å²) in [5.41, 5.74) is 2.78. The van der Waals surface area contributed by atoms with Gasteiger partial charge in [0.2, 0.25) is 5.91 Å². The minimum absolute atomic E-state index is 0.107. The van der Waals surface area contributed by atoms with Crippen LogP contribution in [0.5, 0.6) is 0 Å². The summed E-state index contributed by atoms with van der Waals surface area (Å²) in [6, 6.07) is 7.44. The summed E-state index contributed by atoms with van der Waals surface area (Å²) in [6.07, 6.45) is 10.7. The minimum atomic E-state index is -0.332. The number of aryl methyl sites for hydroxylation is 1. The van der Waals surface area contributed by atoms with Gasteiger partial charge in [-0.3, -0.25) is 14.6 Å². The van der Waals surface area contributed by atoms with Gasteiger partial charge in [0, 0.05) is 35.6 Å². The van der Waals surface area contributed by atoms with Crippen LogP contribution in [0.2, 0.25) is 0 Å². The number of carbonyl (C=O) groups excluding carboxylic acids is 2. The molecule has 9 heteroatoms. The van der Waals surface area contributed by atoms with Crippen molar-refractivity contribution in [3.63, 3.8) is 0 Å². The number of pyridine rings is 1. The quantitative estimate of drug-likeness (QED) is 0.267. The second-order valence-electron chi connectivity index (χ2n) is 11.9. The van der Waals surface area contributed by atoms with E-state index in [2.05, 4.69) is 62.1 Å². The molecule has 0 spiro atoms. The van der Waals surface area contributed by atoms with Gasteiger partial charge in [0.05, 0.1) is 23.9 Å². The maximum atomic E-state index is 12.2. The van der Waals surface area contributed by atoms with Gasteiger partial charge in [-0.2, -0.15) is 0 Å². The highest BCUT2D eigenvalue weighted by molar-refractivity contribution is 7.14. The van der Waals surface area contributed by atoms with E-state index in [0.29, 0.717) is 22.5 Å². The molecular weight excluding hydrogens is 534 g/mol. The summed E-state index contributed by atoms with van der Waals surface area (Å²) in [5, 5.41) is 7.64. The topological polar surface area (TPSA) is 98.1 Å². The summed E-state index contributed by atoms with van der Waals surface area (Å²) >= 11 is 1.32. The number of amides is 2. The molecule has 2 N–H and O–H groups in total. The number of hydrogen-bond acceptors (Lipinski definition) is 6. The summed E-state index contributed by atoms with van der Waals surface area (Å²) in [6.45, 7) is 15.9. The second kappa shape index (κ2) is 15.3. The van der Waals surface area contributed by atoms with Crippen molar-refractivity contribution in [2.75, 3.05) is 18.5 Å². The molecule has 0 aliphatic carbocycles. The first-order valence-electron chi connectivity index (χ1n) is 14.8. The predicted molar refractivity (Wildman–Crippen MR) is 167 cm³/mol. The van der Waals surface area contributed by atoms with Crippen molar-refractivity contribution < 1.29 is 14.3 Å². The summed E-state index contributed by atoms with van der Waals surface area (Å²) < 4.78 is 7.71. The minimum Gasteiger partial charge on any atom is -0.378 e. The molecule has 3 aromatic rings. The molecule has 3 unspecified atom stereocenters. The van der Waals surface area contributed by atoms with E-state index in [9.17, 15) is 9.59 Å². The Bertz CT molecular complexity index is 1260. The fourth-order valence-electron chi connectivity index (χ4n) is 4.64. The van der Waals surface area contributed by atoms with Crippen LogP contribution in [0.3, 0.4) is 0 Å². The number of aromatic nitrogens is 3. The first kappa shape index (κ1) is 32.5. The zero-order chi connectivity index (χ0) is 30.0. The van der Waals surface area contributed by atoms with Gasteiger partial charge < -0.3 is 19.9 Å². The van der Waals surface area contributed by atoms with Gasteiger partial charge in [0.1, 0.15) is 5.69 Å². The van der Waals surface area contributed by atoms with E-state index in [1.165, 1.54) is 43.4 Å². The van der Waals surface area contributed by atoms with Crippen LogP contribution in [-0.4, -0.2) is 45.6 Å². The Hall–Kier alpha value is -3.04. The van der Waals surface area contributed by atoms with Crippen molar-refractivity contribution in [3.05, 3.63) is 53.3 Å². The van der Waals surface area contributed by atoms with Crippen LogP contribution >= 0.6 is 11.3 Å². The van der Waals surface area contributed by atoms with Crippen molar-refractivity contribution in [1.82, 2.24) is 19.9 Å². The molecule has 3 aromatic heterocycles. The monoisotopic (exact) mass is 581 g/mol. The third kappa shape index (κ3) is 10.1. The lowest BCUT2D eigenvalue weighted by atomic mass is 9.92. The predicted octanol–water partition coefficient (Wildman–Crippen LogP) is 7.07. The third-order valence-corrected chi connectivity index (χ3v) is 8.31. The number of nitrogens with one attached hydrogen (secondary N) is 2. The van der Waals surface area contributed by atoms with Crippen molar-refractivity contribution in [1.29, 1.82) is 0 Å². The Kier molecular flexibility index (Phi) is 12.1. The Morgan fingerprint density at radius 1 is 1.17 bits per heavy atom. The van der Waals surface area contributed by atoms with E-state index in [0.717, 1.165) is 29.8 Å². The summed E-state index contributed by atoms with van der Waals surface area (Å²) in [7, 11) is 0. The number of rotatable bonds is 10. The van der Waals surface area contributed by atoms with Gasteiger partial charge in [0.25, 0.3) is 5.91 Å². The van der Waals surface area contributed by atoms with Crippen LogP contribution < -0.4 is 10.6 Å². The number of thiazole rings is 1. The van der Waals surface area contributed by atoms with Crippen LogP contribution in [0.25, 0.3) is 11.4 Å². The lowest BCUT2D eigenvalue weighted by Gasteiger charge is -2.20. The molecule has 8 nitrogen and oxygen atoms in total. The van der Waals surface area contributed by atoms with Crippen molar-refractivity contribution in [2.24, 2.45) is 11.8 Å². The molecule has 224 valence electrons. The second-order valence-corrected chi connectivity index (χ2v) is 12.7. The van der Waals surface area contributed by atoms with E-state index in [1.54, 1.807) is 12.3 Å². The molecule has 1 aliphatic rings. The number of ether oxygens (including phenoxy) is 1. The van der Waals surface area contributed by atoms with Crippen molar-refractivity contribution in [3.8, 4) is 11.4 Å². The molecule has 1 aliphatic heterocycles.